The Kier molecular flexibility index (Phi) is 3.86. The maximum absolute atomic E-state index is 12.5. The number of benzene rings is 1. The van der Waals surface area contributed by atoms with Crippen molar-refractivity contribution in [1.82, 2.24) is 9.47 Å². The first-order valence-electron chi connectivity index (χ1n) is 7.74. The van der Waals surface area contributed by atoms with Crippen molar-refractivity contribution < 1.29 is 9.53 Å². The lowest BCUT2D eigenvalue weighted by molar-refractivity contribution is -0.132. The third kappa shape index (κ3) is 2.75. The molecule has 1 aliphatic carbocycles. The molecule has 0 radical (unpaired) electrons. The van der Waals surface area contributed by atoms with Crippen molar-refractivity contribution in [3.63, 3.8) is 0 Å². The summed E-state index contributed by atoms with van der Waals surface area (Å²) in [6.07, 6.45) is 4.28. The molecule has 2 aromatic rings. The average Bonchev–Trinajstić information content (AvgIpc) is 3.22. The second-order valence-electron chi connectivity index (χ2n) is 5.48. The van der Waals surface area contributed by atoms with Crippen LogP contribution in [0.3, 0.4) is 0 Å². The van der Waals surface area contributed by atoms with Gasteiger partial charge in [0, 0.05) is 24.2 Å². The molecule has 4 nitrogen and oxygen atoms in total. The first-order valence-corrected chi connectivity index (χ1v) is 7.74. The van der Waals surface area contributed by atoms with Gasteiger partial charge in [0.15, 0.2) is 0 Å². The summed E-state index contributed by atoms with van der Waals surface area (Å²) >= 11 is 0. The summed E-state index contributed by atoms with van der Waals surface area (Å²) < 4.78 is 7.66. The number of rotatable bonds is 6. The van der Waals surface area contributed by atoms with Crippen molar-refractivity contribution in [1.29, 1.82) is 0 Å². The van der Waals surface area contributed by atoms with Crippen LogP contribution in [0.4, 0.5) is 0 Å². The van der Waals surface area contributed by atoms with E-state index in [1.54, 1.807) is 0 Å². The van der Waals surface area contributed by atoms with E-state index in [1.807, 2.05) is 46.9 Å². The molecule has 0 atom stereocenters. The van der Waals surface area contributed by atoms with Crippen molar-refractivity contribution in [2.45, 2.75) is 39.3 Å². The number of aromatic nitrogens is 1. The van der Waals surface area contributed by atoms with Crippen molar-refractivity contribution >= 4 is 16.8 Å². The van der Waals surface area contributed by atoms with Gasteiger partial charge in [-0.05, 0) is 44.9 Å². The van der Waals surface area contributed by atoms with Crippen LogP contribution in [-0.2, 0) is 11.3 Å². The Morgan fingerprint density at radius 2 is 2.14 bits per heavy atom. The van der Waals surface area contributed by atoms with E-state index < -0.39 is 0 Å². The summed E-state index contributed by atoms with van der Waals surface area (Å²) in [6.45, 7) is 5.89. The number of hydrogen-bond donors (Lipinski definition) is 0. The van der Waals surface area contributed by atoms with E-state index >= 15 is 0 Å². The molecule has 0 N–H and O–H groups in total. The van der Waals surface area contributed by atoms with Crippen molar-refractivity contribution in [3.8, 4) is 5.75 Å². The molecule has 0 unspecified atom stereocenters. The number of fused-ring (bicyclic) bond motifs is 1. The van der Waals surface area contributed by atoms with Crippen LogP contribution in [0.5, 0.6) is 5.75 Å². The SMILES string of the molecule is CCOc1cccc2c1ccn2CC(=O)N(CC)C1CC1. The van der Waals surface area contributed by atoms with E-state index in [0.29, 0.717) is 19.2 Å². The molecule has 21 heavy (non-hydrogen) atoms. The second kappa shape index (κ2) is 5.80. The predicted octanol–water partition coefficient (Wildman–Crippen LogP) is 3.05. The highest BCUT2D eigenvalue weighted by molar-refractivity contribution is 5.88. The molecule has 1 heterocycles. The van der Waals surface area contributed by atoms with Gasteiger partial charge in [-0.3, -0.25) is 4.79 Å². The number of amides is 1. The molecule has 1 amide bonds. The minimum absolute atomic E-state index is 0.208. The first kappa shape index (κ1) is 14.0. The van der Waals surface area contributed by atoms with Gasteiger partial charge in [-0.2, -0.15) is 0 Å². The fourth-order valence-electron chi connectivity index (χ4n) is 2.88. The molecule has 1 aromatic heterocycles. The van der Waals surface area contributed by atoms with Crippen molar-refractivity contribution in [2.75, 3.05) is 13.2 Å². The Labute approximate surface area is 125 Å². The zero-order valence-electron chi connectivity index (χ0n) is 12.7. The third-order valence-corrected chi connectivity index (χ3v) is 4.03. The molecule has 1 aliphatic rings. The zero-order chi connectivity index (χ0) is 14.8. The number of nitrogens with zero attached hydrogens (tertiary/aromatic N) is 2. The lowest BCUT2D eigenvalue weighted by atomic mass is 10.2. The summed E-state index contributed by atoms with van der Waals surface area (Å²) in [5.41, 5.74) is 1.06. The Balaban J connectivity index is 1.84. The smallest absolute Gasteiger partial charge is 0.242 e. The summed E-state index contributed by atoms with van der Waals surface area (Å²) in [7, 11) is 0. The number of likely N-dealkylation sites (N-methyl/N-ethyl adjacent to an activating group) is 1. The van der Waals surface area contributed by atoms with Gasteiger partial charge < -0.3 is 14.2 Å². The molecule has 0 bridgehead atoms. The molecule has 1 aromatic carbocycles. The van der Waals surface area contributed by atoms with Crippen LogP contribution in [0.1, 0.15) is 26.7 Å². The van der Waals surface area contributed by atoms with Gasteiger partial charge in [-0.25, -0.2) is 0 Å². The number of ether oxygens (including phenoxy) is 1. The van der Waals surface area contributed by atoms with E-state index in [-0.39, 0.29) is 5.91 Å². The Hall–Kier alpha value is -1.97. The fourth-order valence-corrected chi connectivity index (χ4v) is 2.88. The summed E-state index contributed by atoms with van der Waals surface area (Å²) in [5, 5.41) is 1.07. The van der Waals surface area contributed by atoms with Gasteiger partial charge in [0.25, 0.3) is 0 Å². The largest absolute Gasteiger partial charge is 0.493 e. The van der Waals surface area contributed by atoms with Gasteiger partial charge in [0.2, 0.25) is 5.91 Å². The summed E-state index contributed by atoms with van der Waals surface area (Å²) in [4.78, 5) is 14.4. The first-order chi connectivity index (χ1) is 10.2. The minimum atomic E-state index is 0.208. The Bertz CT molecular complexity index is 643. The third-order valence-electron chi connectivity index (χ3n) is 4.03. The molecule has 3 rings (SSSR count). The lowest BCUT2D eigenvalue weighted by Gasteiger charge is -2.20. The predicted molar refractivity (Wildman–Crippen MR) is 83.5 cm³/mol. The van der Waals surface area contributed by atoms with Gasteiger partial charge in [-0.1, -0.05) is 6.07 Å². The quantitative estimate of drug-likeness (QED) is 0.818. The van der Waals surface area contributed by atoms with Gasteiger partial charge in [0.1, 0.15) is 12.3 Å². The molecular weight excluding hydrogens is 264 g/mol. The standard InChI is InChI=1S/C17H22N2O2/c1-3-19(13-8-9-13)17(20)12-18-11-10-14-15(18)6-5-7-16(14)21-4-2/h5-7,10-11,13H,3-4,8-9,12H2,1-2H3. The van der Waals surface area contributed by atoms with E-state index in [4.69, 9.17) is 4.74 Å². The Morgan fingerprint density at radius 1 is 1.33 bits per heavy atom. The lowest BCUT2D eigenvalue weighted by Crippen LogP contribution is -2.35. The number of carbonyl (C=O) groups excluding carboxylic acids is 1. The Morgan fingerprint density at radius 3 is 2.81 bits per heavy atom. The van der Waals surface area contributed by atoms with Crippen LogP contribution in [0.2, 0.25) is 0 Å². The normalized spacial score (nSPS) is 14.4. The topological polar surface area (TPSA) is 34.5 Å². The van der Waals surface area contributed by atoms with E-state index in [2.05, 4.69) is 6.92 Å². The highest BCUT2D eigenvalue weighted by Gasteiger charge is 2.31. The summed E-state index contributed by atoms with van der Waals surface area (Å²) in [5.74, 6) is 1.09. The molecule has 0 saturated heterocycles. The molecule has 0 spiro atoms. The monoisotopic (exact) mass is 286 g/mol. The number of hydrogen-bond acceptors (Lipinski definition) is 2. The van der Waals surface area contributed by atoms with Crippen LogP contribution >= 0.6 is 0 Å². The molecule has 0 aliphatic heterocycles. The maximum atomic E-state index is 12.5. The van der Waals surface area contributed by atoms with Crippen molar-refractivity contribution in [3.05, 3.63) is 30.5 Å². The van der Waals surface area contributed by atoms with Crippen LogP contribution in [-0.4, -0.2) is 34.6 Å². The highest BCUT2D eigenvalue weighted by Crippen LogP contribution is 2.29. The fraction of sp³-hybridized carbons (Fsp3) is 0.471. The zero-order valence-corrected chi connectivity index (χ0v) is 12.7. The molecule has 1 saturated carbocycles. The van der Waals surface area contributed by atoms with E-state index in [1.165, 1.54) is 0 Å². The van der Waals surface area contributed by atoms with E-state index in [9.17, 15) is 4.79 Å². The van der Waals surface area contributed by atoms with Gasteiger partial charge in [-0.15, -0.1) is 0 Å². The van der Waals surface area contributed by atoms with Crippen molar-refractivity contribution in [2.24, 2.45) is 0 Å². The van der Waals surface area contributed by atoms with Gasteiger partial charge in [0.05, 0.1) is 12.1 Å². The highest BCUT2D eigenvalue weighted by atomic mass is 16.5. The minimum Gasteiger partial charge on any atom is -0.493 e. The molecule has 1 fully saturated rings. The summed E-state index contributed by atoms with van der Waals surface area (Å²) in [6, 6.07) is 8.50. The van der Waals surface area contributed by atoms with Gasteiger partial charge >= 0.3 is 0 Å². The van der Waals surface area contributed by atoms with Crippen LogP contribution in [0, 0.1) is 0 Å². The maximum Gasteiger partial charge on any atom is 0.242 e. The van der Waals surface area contributed by atoms with Crippen LogP contribution < -0.4 is 4.74 Å². The van der Waals surface area contributed by atoms with E-state index in [0.717, 1.165) is 36.0 Å². The number of carbonyl (C=O) groups is 1. The second-order valence-corrected chi connectivity index (χ2v) is 5.48. The molecule has 4 heteroatoms. The molecule has 112 valence electrons. The van der Waals surface area contributed by atoms with Crippen LogP contribution in [0.15, 0.2) is 30.5 Å². The average molecular weight is 286 g/mol. The van der Waals surface area contributed by atoms with Crippen LogP contribution in [0.25, 0.3) is 10.9 Å². The molecular formula is C17H22N2O2.